The molecule has 2 fully saturated rings. The Labute approximate surface area is 184 Å². The van der Waals surface area contributed by atoms with Gasteiger partial charge < -0.3 is 14.2 Å². The Bertz CT molecular complexity index is 1060. The molecule has 0 saturated carbocycles. The quantitative estimate of drug-likeness (QED) is 0.573. The maximum absolute atomic E-state index is 12.9. The first kappa shape index (κ1) is 19.7. The van der Waals surface area contributed by atoms with Crippen molar-refractivity contribution in [3.63, 3.8) is 0 Å². The molecule has 3 aromatic rings. The van der Waals surface area contributed by atoms with E-state index < -0.39 is 0 Å². The summed E-state index contributed by atoms with van der Waals surface area (Å²) in [5, 5.41) is 0. The third-order valence-electron chi connectivity index (χ3n) is 6.06. The van der Waals surface area contributed by atoms with Gasteiger partial charge in [-0.1, -0.05) is 24.3 Å². The Morgan fingerprint density at radius 1 is 1.03 bits per heavy atom. The lowest BCUT2D eigenvalue weighted by Crippen LogP contribution is -2.38. The van der Waals surface area contributed by atoms with Crippen LogP contribution < -0.4 is 4.90 Å². The van der Waals surface area contributed by atoms with Crippen molar-refractivity contribution in [1.29, 1.82) is 0 Å². The molecule has 2 saturated heterocycles. The molecule has 2 aliphatic rings. The summed E-state index contributed by atoms with van der Waals surface area (Å²) in [6, 6.07) is 16.2. The Hall–Kier alpha value is -2.22. The van der Waals surface area contributed by atoms with Gasteiger partial charge in [-0.05, 0) is 40.2 Å². The van der Waals surface area contributed by atoms with E-state index in [0.29, 0.717) is 13.0 Å². The van der Waals surface area contributed by atoms with Crippen molar-refractivity contribution in [2.24, 2.45) is 0 Å². The first-order valence-corrected chi connectivity index (χ1v) is 11.3. The predicted molar refractivity (Wildman–Crippen MR) is 121 cm³/mol. The highest BCUT2D eigenvalue weighted by Gasteiger charge is 2.35. The van der Waals surface area contributed by atoms with Gasteiger partial charge in [-0.3, -0.25) is 9.69 Å². The van der Waals surface area contributed by atoms with Crippen LogP contribution in [0.2, 0.25) is 0 Å². The lowest BCUT2D eigenvalue weighted by Gasteiger charge is -2.27. The van der Waals surface area contributed by atoms with Crippen LogP contribution in [0.5, 0.6) is 0 Å². The minimum absolute atomic E-state index is 0.0849. The van der Waals surface area contributed by atoms with Crippen molar-refractivity contribution in [2.75, 3.05) is 44.3 Å². The topological polar surface area (TPSA) is 50.6 Å². The van der Waals surface area contributed by atoms with Crippen LogP contribution in [0.3, 0.4) is 0 Å². The fourth-order valence-electron chi connectivity index (χ4n) is 4.49. The molecule has 2 aromatic carbocycles. The third kappa shape index (κ3) is 3.77. The Morgan fingerprint density at radius 2 is 1.80 bits per heavy atom. The van der Waals surface area contributed by atoms with E-state index in [0.717, 1.165) is 66.4 Å². The summed E-state index contributed by atoms with van der Waals surface area (Å²) >= 11 is 3.59. The van der Waals surface area contributed by atoms with Crippen LogP contribution in [0.1, 0.15) is 18.2 Å². The van der Waals surface area contributed by atoms with Gasteiger partial charge in [0.25, 0.3) is 0 Å². The number of benzene rings is 2. The highest BCUT2D eigenvalue weighted by molar-refractivity contribution is 9.10. The molecule has 1 amide bonds. The van der Waals surface area contributed by atoms with Crippen LogP contribution in [0.25, 0.3) is 11.0 Å². The summed E-state index contributed by atoms with van der Waals surface area (Å²) in [6.45, 7) is 6.04. The highest BCUT2D eigenvalue weighted by atomic mass is 79.9. The summed E-state index contributed by atoms with van der Waals surface area (Å²) < 4.78 is 8.75. The Kier molecular flexibility index (Phi) is 5.58. The van der Waals surface area contributed by atoms with Crippen LogP contribution in [0.15, 0.2) is 53.0 Å². The molecule has 3 heterocycles. The van der Waals surface area contributed by atoms with Crippen molar-refractivity contribution in [3.05, 3.63) is 58.8 Å². The van der Waals surface area contributed by atoms with Gasteiger partial charge in [-0.25, -0.2) is 4.98 Å². The van der Waals surface area contributed by atoms with E-state index in [-0.39, 0.29) is 11.8 Å². The molecular weight excluding hydrogens is 444 g/mol. The van der Waals surface area contributed by atoms with Crippen molar-refractivity contribution < 1.29 is 9.53 Å². The Morgan fingerprint density at radius 3 is 2.63 bits per heavy atom. The van der Waals surface area contributed by atoms with Crippen molar-refractivity contribution in [3.8, 4) is 0 Å². The molecule has 0 bridgehead atoms. The molecule has 6 nitrogen and oxygen atoms in total. The fraction of sp³-hybridized carbons (Fsp3) is 0.391. The van der Waals surface area contributed by atoms with E-state index in [1.807, 2.05) is 35.2 Å². The summed E-state index contributed by atoms with van der Waals surface area (Å²) in [5.74, 6) is 1.26. The monoisotopic (exact) mass is 468 g/mol. The van der Waals surface area contributed by atoms with Gasteiger partial charge >= 0.3 is 0 Å². The predicted octanol–water partition coefficient (Wildman–Crippen LogP) is 3.65. The van der Waals surface area contributed by atoms with E-state index in [1.165, 1.54) is 0 Å². The van der Waals surface area contributed by atoms with Crippen molar-refractivity contribution in [2.45, 2.75) is 18.9 Å². The van der Waals surface area contributed by atoms with Gasteiger partial charge in [0.1, 0.15) is 5.82 Å². The zero-order valence-corrected chi connectivity index (χ0v) is 18.4. The Balaban J connectivity index is 1.43. The normalized spacial score (nSPS) is 20.4. The molecule has 5 rings (SSSR count). The molecular formula is C23H25BrN4O2. The molecule has 0 spiro atoms. The first-order chi connectivity index (χ1) is 14.7. The van der Waals surface area contributed by atoms with Gasteiger partial charge in [-0.15, -0.1) is 0 Å². The number of halogens is 1. The number of anilines is 1. The van der Waals surface area contributed by atoms with Gasteiger partial charge in [0.2, 0.25) is 5.91 Å². The van der Waals surface area contributed by atoms with Crippen LogP contribution in [0.4, 0.5) is 5.69 Å². The average Bonchev–Trinajstić information content (AvgIpc) is 3.34. The minimum atomic E-state index is 0.0849. The molecule has 0 radical (unpaired) electrons. The number of fused-ring (bicyclic) bond motifs is 1. The molecule has 156 valence electrons. The fourth-order valence-corrected chi connectivity index (χ4v) is 4.99. The number of hydrogen-bond donors (Lipinski definition) is 0. The van der Waals surface area contributed by atoms with Crippen LogP contribution in [-0.2, 0) is 16.1 Å². The molecule has 30 heavy (non-hydrogen) atoms. The lowest BCUT2D eigenvalue weighted by atomic mass is 10.1. The van der Waals surface area contributed by atoms with E-state index in [1.54, 1.807) is 0 Å². The number of hydrogen-bond acceptors (Lipinski definition) is 4. The zero-order chi connectivity index (χ0) is 20.5. The molecule has 1 unspecified atom stereocenters. The summed E-state index contributed by atoms with van der Waals surface area (Å²) in [5.41, 5.74) is 3.08. The number of carbonyl (C=O) groups is 1. The first-order valence-electron chi connectivity index (χ1n) is 10.5. The minimum Gasteiger partial charge on any atom is -0.379 e. The zero-order valence-electron chi connectivity index (χ0n) is 16.8. The smallest absolute Gasteiger partial charge is 0.227 e. The summed E-state index contributed by atoms with van der Waals surface area (Å²) in [7, 11) is 0. The number of aromatic nitrogens is 2. The highest BCUT2D eigenvalue weighted by Crippen LogP contribution is 2.36. The third-order valence-corrected chi connectivity index (χ3v) is 6.73. The summed E-state index contributed by atoms with van der Waals surface area (Å²) in [6.07, 6.45) is 0.488. The van der Waals surface area contributed by atoms with Gasteiger partial charge in [0, 0.05) is 49.5 Å². The number of para-hydroxylation sites is 3. The van der Waals surface area contributed by atoms with Gasteiger partial charge in [0.05, 0.1) is 29.9 Å². The standard InChI is InChI=1S/C23H25BrN4O2/c24-18-5-1-3-7-20(18)28-16-17(15-22(28)29)23-25-19-6-2-4-8-21(19)27(23)10-9-26-11-13-30-14-12-26/h1-8,17H,9-16H2. The number of amides is 1. The van der Waals surface area contributed by atoms with Crippen LogP contribution in [-0.4, -0.2) is 59.8 Å². The molecule has 1 atom stereocenters. The second-order valence-corrected chi connectivity index (χ2v) is 8.78. The molecule has 7 heteroatoms. The van der Waals surface area contributed by atoms with Gasteiger partial charge in [0.15, 0.2) is 0 Å². The maximum atomic E-state index is 12.9. The number of carbonyl (C=O) groups excluding carboxylic acids is 1. The second kappa shape index (κ2) is 8.49. The molecule has 2 aliphatic heterocycles. The molecule has 1 aromatic heterocycles. The maximum Gasteiger partial charge on any atom is 0.227 e. The van der Waals surface area contributed by atoms with Gasteiger partial charge in [-0.2, -0.15) is 0 Å². The number of morpholine rings is 1. The van der Waals surface area contributed by atoms with Crippen molar-refractivity contribution >= 4 is 38.6 Å². The summed E-state index contributed by atoms with van der Waals surface area (Å²) in [4.78, 5) is 22.2. The van der Waals surface area contributed by atoms with E-state index in [4.69, 9.17) is 9.72 Å². The number of rotatable bonds is 5. The SMILES string of the molecule is O=C1CC(c2nc3ccccc3n2CCN2CCOCC2)CN1c1ccccc1Br. The lowest BCUT2D eigenvalue weighted by molar-refractivity contribution is -0.117. The molecule has 0 aliphatic carbocycles. The largest absolute Gasteiger partial charge is 0.379 e. The van der Waals surface area contributed by atoms with Crippen molar-refractivity contribution in [1.82, 2.24) is 14.5 Å². The van der Waals surface area contributed by atoms with E-state index in [9.17, 15) is 4.79 Å². The number of nitrogens with zero attached hydrogens (tertiary/aromatic N) is 4. The van der Waals surface area contributed by atoms with E-state index >= 15 is 0 Å². The average molecular weight is 469 g/mol. The van der Waals surface area contributed by atoms with Crippen LogP contribution >= 0.6 is 15.9 Å². The van der Waals surface area contributed by atoms with Crippen LogP contribution in [0, 0.1) is 0 Å². The second-order valence-electron chi connectivity index (χ2n) is 7.92. The number of ether oxygens (including phenoxy) is 1. The van der Waals surface area contributed by atoms with E-state index in [2.05, 4.69) is 43.6 Å². The molecule has 0 N–H and O–H groups in total. The number of imidazole rings is 1.